The summed E-state index contributed by atoms with van der Waals surface area (Å²) in [5.74, 6) is -1.13. The van der Waals surface area contributed by atoms with Crippen molar-refractivity contribution < 1.29 is 50.5 Å². The van der Waals surface area contributed by atoms with Gasteiger partial charge in [-0.05, 0) is 51.3 Å². The average Bonchev–Trinajstić information content (AvgIpc) is 3.42. The molecule has 2 aromatic rings. The number of methoxy groups -OCH3 is 1. The van der Waals surface area contributed by atoms with Crippen LogP contribution in [0.3, 0.4) is 0 Å². The number of anilines is 2. The fraction of sp³-hybridized carbons (Fsp3) is 0.522. The van der Waals surface area contributed by atoms with Gasteiger partial charge in [-0.25, -0.2) is 13.2 Å². The second kappa shape index (κ2) is 10.1. The van der Waals surface area contributed by atoms with Crippen LogP contribution in [-0.2, 0) is 32.5 Å². The highest BCUT2D eigenvalue weighted by atomic mass is 32.2. The minimum absolute atomic E-state index is 0.00288. The Hall–Kier alpha value is -3.69. The third-order valence-electron chi connectivity index (χ3n) is 6.35. The number of nitrogens with zero attached hydrogens (tertiary/aromatic N) is 3. The lowest BCUT2D eigenvalue weighted by molar-refractivity contribution is -0.242. The summed E-state index contributed by atoms with van der Waals surface area (Å²) in [5, 5.41) is 15.5. The first-order valence-electron chi connectivity index (χ1n) is 11.9. The van der Waals surface area contributed by atoms with Gasteiger partial charge in [0.15, 0.2) is 4.90 Å². The molecular weight excluding hydrogens is 549 g/mol. The smallest absolute Gasteiger partial charge is 0.427 e. The van der Waals surface area contributed by atoms with Crippen LogP contribution in [0.4, 0.5) is 29.3 Å². The van der Waals surface area contributed by atoms with Crippen LogP contribution in [0.5, 0.6) is 11.6 Å². The number of benzene rings is 1. The number of fused-ring (bicyclic) bond motifs is 2. The van der Waals surface area contributed by atoms with Gasteiger partial charge in [0.05, 0.1) is 25.0 Å². The van der Waals surface area contributed by atoms with Crippen LogP contribution < -0.4 is 19.1 Å². The van der Waals surface area contributed by atoms with Gasteiger partial charge in [0.1, 0.15) is 11.9 Å². The molecule has 3 heterocycles. The molecule has 0 bridgehead atoms. The molecule has 0 fully saturated rings. The molecule has 0 radical (unpaired) electrons. The van der Waals surface area contributed by atoms with Crippen LogP contribution in [-0.4, -0.2) is 66.9 Å². The molecule has 4 rings (SSSR count). The molecule has 0 unspecified atom stereocenters. The maximum absolute atomic E-state index is 14.0. The third kappa shape index (κ3) is 5.55. The van der Waals surface area contributed by atoms with Crippen molar-refractivity contribution >= 4 is 33.5 Å². The van der Waals surface area contributed by atoms with E-state index >= 15 is 0 Å². The molecule has 12 nitrogen and oxygen atoms in total. The zero-order valence-electron chi connectivity index (χ0n) is 21.2. The van der Waals surface area contributed by atoms with Gasteiger partial charge in [-0.15, -0.1) is 5.10 Å². The molecule has 0 saturated carbocycles. The van der Waals surface area contributed by atoms with E-state index in [1.54, 1.807) is 4.68 Å². The summed E-state index contributed by atoms with van der Waals surface area (Å²) in [4.78, 5) is 23.2. The fourth-order valence-corrected chi connectivity index (χ4v) is 6.10. The normalized spacial score (nSPS) is 17.2. The topological polar surface area (TPSA) is 149 Å². The molecular formula is C23H27F3N4O8S. The number of rotatable bonds is 8. The van der Waals surface area contributed by atoms with Crippen LogP contribution in [0.25, 0.3) is 0 Å². The van der Waals surface area contributed by atoms with Gasteiger partial charge < -0.3 is 19.3 Å². The lowest BCUT2D eigenvalue weighted by Gasteiger charge is -2.35. The van der Waals surface area contributed by atoms with Crippen LogP contribution >= 0.6 is 0 Å². The summed E-state index contributed by atoms with van der Waals surface area (Å²) in [5.41, 5.74) is -2.40. The second-order valence-corrected chi connectivity index (χ2v) is 11.3. The first-order valence-corrected chi connectivity index (χ1v) is 13.3. The first kappa shape index (κ1) is 28.3. The van der Waals surface area contributed by atoms with Gasteiger partial charge in [0.2, 0.25) is 5.60 Å². The van der Waals surface area contributed by atoms with Crippen molar-refractivity contribution in [3.05, 3.63) is 23.9 Å². The lowest BCUT2D eigenvalue weighted by Crippen LogP contribution is -2.44. The number of aryl methyl sites for hydroxylation is 1. The number of ether oxygens (including phenoxy) is 3. The van der Waals surface area contributed by atoms with Gasteiger partial charge in [0.25, 0.3) is 15.9 Å². The van der Waals surface area contributed by atoms with Crippen LogP contribution in [0.15, 0.2) is 23.1 Å². The van der Waals surface area contributed by atoms with E-state index in [9.17, 15) is 31.2 Å². The summed E-state index contributed by atoms with van der Waals surface area (Å²) in [7, 11) is -3.07. The van der Waals surface area contributed by atoms with Crippen LogP contribution in [0, 0.1) is 0 Å². The van der Waals surface area contributed by atoms with Gasteiger partial charge in [-0.1, -0.05) is 0 Å². The fourth-order valence-electron chi connectivity index (χ4n) is 4.27. The maximum Gasteiger partial charge on any atom is 0.427 e. The zero-order chi connectivity index (χ0) is 28.8. The summed E-state index contributed by atoms with van der Waals surface area (Å²) >= 11 is 0. The predicted molar refractivity (Wildman–Crippen MR) is 130 cm³/mol. The summed E-state index contributed by atoms with van der Waals surface area (Å²) in [6.07, 6.45) is -6.21. The molecule has 0 saturated heterocycles. The number of carbonyl (C=O) groups is 2. The number of carboxylic acid groups (broad SMARTS) is 1. The van der Waals surface area contributed by atoms with Crippen molar-refractivity contribution in [2.45, 2.75) is 68.9 Å². The van der Waals surface area contributed by atoms with E-state index in [2.05, 4.69) is 15.2 Å². The number of sulfonamides is 1. The highest BCUT2D eigenvalue weighted by Gasteiger charge is 2.51. The van der Waals surface area contributed by atoms with Crippen molar-refractivity contribution in [3.63, 3.8) is 0 Å². The Bertz CT molecular complexity index is 1390. The van der Waals surface area contributed by atoms with E-state index < -0.39 is 40.0 Å². The predicted octanol–water partition coefficient (Wildman–Crippen LogP) is 3.55. The zero-order valence-corrected chi connectivity index (χ0v) is 22.1. The quantitative estimate of drug-likeness (QED) is 0.481. The highest BCUT2D eigenvalue weighted by molar-refractivity contribution is 7.93. The highest BCUT2D eigenvalue weighted by Crippen LogP contribution is 2.43. The van der Waals surface area contributed by atoms with Crippen LogP contribution in [0.2, 0.25) is 0 Å². The van der Waals surface area contributed by atoms with Gasteiger partial charge in [-0.2, -0.15) is 13.2 Å². The molecule has 16 heteroatoms. The van der Waals surface area contributed by atoms with E-state index in [0.717, 1.165) is 4.31 Å². The van der Waals surface area contributed by atoms with Gasteiger partial charge in [0, 0.05) is 18.7 Å². The van der Waals surface area contributed by atoms with E-state index in [1.165, 1.54) is 25.3 Å². The molecule has 39 heavy (non-hydrogen) atoms. The molecule has 1 atom stereocenters. The number of amides is 1. The van der Waals surface area contributed by atoms with E-state index in [-0.39, 0.29) is 47.3 Å². The molecule has 214 valence electrons. The maximum atomic E-state index is 14.0. The Labute approximate surface area is 221 Å². The van der Waals surface area contributed by atoms with Gasteiger partial charge in [-0.3, -0.25) is 19.1 Å². The Morgan fingerprint density at radius 1 is 1.28 bits per heavy atom. The largest absolute Gasteiger partial charge is 0.486 e. The molecule has 0 aliphatic carbocycles. The third-order valence-corrected chi connectivity index (χ3v) is 8.20. The lowest BCUT2D eigenvalue weighted by atomic mass is 10.1. The first-order chi connectivity index (χ1) is 18.1. The average molecular weight is 577 g/mol. The molecule has 1 aromatic carbocycles. The molecule has 2 N–H and O–H groups in total. The molecule has 2 aliphatic heterocycles. The number of carbonyl (C=O) groups excluding carboxylic acids is 1. The number of alkyl halides is 3. The molecule has 1 aromatic heterocycles. The van der Waals surface area contributed by atoms with Crippen molar-refractivity contribution in [3.8, 4) is 11.6 Å². The Kier molecular flexibility index (Phi) is 7.35. The van der Waals surface area contributed by atoms with E-state index in [0.29, 0.717) is 38.9 Å². The number of aromatic nitrogens is 2. The van der Waals surface area contributed by atoms with E-state index in [1.807, 2.05) is 0 Å². The number of nitrogens with one attached hydrogen (secondary N) is 1. The second-order valence-electron chi connectivity index (χ2n) is 9.53. The minimum Gasteiger partial charge on any atom is -0.486 e. The standard InChI is InChI=1S/C23H27F3N4O8S/c1-22(2,23(24,25)26)38-21(33)27-13-6-8-17-16(11-13)30(12-14(37-17)7-9-18(31)32)39(34,35)19-15-5-4-10-29(15)28-20(19)36-3/h6,8,11,14H,4-5,7,9-10,12H2,1-3H3,(H,27,33)(H,31,32)/t14-/m0/s1. The Morgan fingerprint density at radius 3 is 2.64 bits per heavy atom. The molecule has 2 aliphatic rings. The summed E-state index contributed by atoms with van der Waals surface area (Å²) in [6, 6.07) is 3.84. The number of carboxylic acids is 1. The van der Waals surface area contributed by atoms with Gasteiger partial charge >= 0.3 is 18.2 Å². The van der Waals surface area contributed by atoms with Crippen molar-refractivity contribution in [2.24, 2.45) is 0 Å². The monoisotopic (exact) mass is 576 g/mol. The summed E-state index contributed by atoms with van der Waals surface area (Å²) < 4.78 is 85.7. The van der Waals surface area contributed by atoms with Crippen molar-refractivity contribution in [2.75, 3.05) is 23.3 Å². The Balaban J connectivity index is 1.71. The number of aliphatic carboxylic acids is 1. The van der Waals surface area contributed by atoms with Crippen LogP contribution in [0.1, 0.15) is 38.8 Å². The minimum atomic E-state index is -4.82. The number of hydrogen-bond acceptors (Lipinski definition) is 8. The number of hydrogen-bond donors (Lipinski definition) is 2. The van der Waals surface area contributed by atoms with E-state index in [4.69, 9.17) is 14.6 Å². The van der Waals surface area contributed by atoms with Crippen molar-refractivity contribution in [1.82, 2.24) is 9.78 Å². The molecule has 1 amide bonds. The molecule has 0 spiro atoms. The summed E-state index contributed by atoms with van der Waals surface area (Å²) in [6.45, 7) is 1.62. The number of halogens is 3. The Morgan fingerprint density at radius 2 is 2.00 bits per heavy atom. The van der Waals surface area contributed by atoms with Crippen molar-refractivity contribution in [1.29, 1.82) is 0 Å². The SMILES string of the molecule is COc1nn2c(c1S(=O)(=O)N1C[C@H](CCC(=O)O)Oc3ccc(NC(=O)OC(C)(C)C(F)(F)F)cc31)CCC2.